The van der Waals surface area contributed by atoms with Crippen LogP contribution in [-0.2, 0) is 29.2 Å². The summed E-state index contributed by atoms with van der Waals surface area (Å²) < 4.78 is 16.2. The highest BCUT2D eigenvalue weighted by Crippen LogP contribution is 2.32. The Hall–Kier alpha value is -2.61. The van der Waals surface area contributed by atoms with Crippen molar-refractivity contribution in [2.45, 2.75) is 19.6 Å². The summed E-state index contributed by atoms with van der Waals surface area (Å²) in [6.07, 6.45) is 0. The lowest BCUT2D eigenvalue weighted by molar-refractivity contribution is -0.921. The minimum atomic E-state index is 0.0510. The third-order valence-corrected chi connectivity index (χ3v) is 5.57. The molecule has 7 heteroatoms. The summed E-state index contributed by atoms with van der Waals surface area (Å²) in [7, 11) is 2.02. The molecule has 1 unspecified atom stereocenters. The van der Waals surface area contributed by atoms with E-state index in [1.165, 1.54) is 5.56 Å². The molecule has 1 saturated heterocycles. The molecule has 7 nitrogen and oxygen atoms in total. The third kappa shape index (κ3) is 5.72. The van der Waals surface area contributed by atoms with Crippen molar-refractivity contribution in [2.75, 3.05) is 46.7 Å². The van der Waals surface area contributed by atoms with Gasteiger partial charge in [0.15, 0.2) is 18.0 Å². The van der Waals surface area contributed by atoms with E-state index in [0.717, 1.165) is 66.9 Å². The molecule has 2 aromatic rings. The molecule has 3 N–H and O–H groups in total. The quantitative estimate of drug-likeness (QED) is 0.528. The number of likely N-dealkylation sites (N-methyl/N-ethyl adjacent to an activating group) is 1. The van der Waals surface area contributed by atoms with Crippen LogP contribution in [0.15, 0.2) is 42.5 Å². The van der Waals surface area contributed by atoms with Gasteiger partial charge in [0.25, 0.3) is 5.91 Å². The minimum Gasteiger partial charge on any atom is -0.454 e. The lowest BCUT2D eigenvalue weighted by Crippen LogP contribution is -3.12. The van der Waals surface area contributed by atoms with Gasteiger partial charge < -0.3 is 29.3 Å². The number of carbonyl (C=O) groups excluding carboxylic acids is 1. The van der Waals surface area contributed by atoms with Gasteiger partial charge in [0.2, 0.25) is 6.79 Å². The molecule has 0 spiro atoms. The van der Waals surface area contributed by atoms with Gasteiger partial charge in [0.1, 0.15) is 26.2 Å². The number of morpholine rings is 1. The van der Waals surface area contributed by atoms with Gasteiger partial charge in [-0.15, -0.1) is 0 Å². The molecule has 0 bridgehead atoms. The smallest absolute Gasteiger partial charge is 0.275 e. The summed E-state index contributed by atoms with van der Waals surface area (Å²) in [6, 6.07) is 14.5. The monoisotopic (exact) mass is 413 g/mol. The number of fused-ring (bicyclic) bond motifs is 1. The molecule has 2 aliphatic heterocycles. The maximum Gasteiger partial charge on any atom is 0.275 e. The Balaban J connectivity index is 1.19. The predicted molar refractivity (Wildman–Crippen MR) is 112 cm³/mol. The summed E-state index contributed by atoms with van der Waals surface area (Å²) >= 11 is 0. The van der Waals surface area contributed by atoms with Gasteiger partial charge in [-0.3, -0.25) is 4.79 Å². The number of ether oxygens (including phenoxy) is 3. The van der Waals surface area contributed by atoms with Crippen LogP contribution >= 0.6 is 0 Å². The van der Waals surface area contributed by atoms with Crippen LogP contribution in [0.2, 0.25) is 0 Å². The van der Waals surface area contributed by atoms with Gasteiger partial charge in [-0.25, -0.2) is 0 Å². The second-order valence-corrected chi connectivity index (χ2v) is 8.13. The zero-order chi connectivity index (χ0) is 20.8. The topological polar surface area (TPSA) is 65.7 Å². The Morgan fingerprint density at radius 1 is 1.00 bits per heavy atom. The highest BCUT2D eigenvalue weighted by Gasteiger charge is 2.16. The number of hydrogen-bond acceptors (Lipinski definition) is 4. The lowest BCUT2D eigenvalue weighted by atomic mass is 10.1. The Morgan fingerprint density at radius 3 is 2.50 bits per heavy atom. The van der Waals surface area contributed by atoms with Crippen LogP contribution in [0.4, 0.5) is 0 Å². The summed E-state index contributed by atoms with van der Waals surface area (Å²) in [5.74, 6) is 1.62. The number of nitrogens with one attached hydrogen (secondary N) is 3. The SMILES string of the molecule is C[NH+](CC(=O)NCc1ccc(C[NH+]2CCOCC2)cc1)Cc1ccc2c(c1)OCO2. The normalized spacial score (nSPS) is 17.0. The van der Waals surface area contributed by atoms with Gasteiger partial charge in [0, 0.05) is 17.7 Å². The van der Waals surface area contributed by atoms with E-state index in [2.05, 4.69) is 29.6 Å². The van der Waals surface area contributed by atoms with Crippen LogP contribution in [0.1, 0.15) is 16.7 Å². The molecule has 4 rings (SSSR count). The van der Waals surface area contributed by atoms with Crippen molar-refractivity contribution < 1.29 is 28.8 Å². The van der Waals surface area contributed by atoms with Gasteiger partial charge in [-0.2, -0.15) is 0 Å². The van der Waals surface area contributed by atoms with Crippen LogP contribution in [0.25, 0.3) is 0 Å². The van der Waals surface area contributed by atoms with E-state index in [-0.39, 0.29) is 12.7 Å². The van der Waals surface area contributed by atoms with Crippen LogP contribution in [0.5, 0.6) is 11.5 Å². The first-order chi connectivity index (χ1) is 14.7. The van der Waals surface area contributed by atoms with E-state index < -0.39 is 0 Å². The average molecular weight is 414 g/mol. The summed E-state index contributed by atoms with van der Waals surface area (Å²) in [5.41, 5.74) is 3.58. The maximum atomic E-state index is 12.3. The fourth-order valence-corrected chi connectivity index (χ4v) is 3.90. The first-order valence-electron chi connectivity index (χ1n) is 10.6. The van der Waals surface area contributed by atoms with Crippen molar-refractivity contribution in [2.24, 2.45) is 0 Å². The molecule has 0 radical (unpaired) electrons. The molecule has 0 aromatic heterocycles. The molecule has 0 aliphatic carbocycles. The molecule has 1 amide bonds. The van der Waals surface area contributed by atoms with Crippen molar-refractivity contribution >= 4 is 5.91 Å². The first-order valence-corrected chi connectivity index (χ1v) is 10.6. The highest BCUT2D eigenvalue weighted by molar-refractivity contribution is 5.76. The summed E-state index contributed by atoms with van der Waals surface area (Å²) in [6.45, 7) is 6.88. The van der Waals surface area contributed by atoms with Gasteiger partial charge in [-0.1, -0.05) is 24.3 Å². The van der Waals surface area contributed by atoms with Crippen molar-refractivity contribution in [3.05, 3.63) is 59.2 Å². The van der Waals surface area contributed by atoms with E-state index in [1.54, 1.807) is 4.90 Å². The van der Waals surface area contributed by atoms with E-state index in [9.17, 15) is 4.79 Å². The van der Waals surface area contributed by atoms with Gasteiger partial charge in [0.05, 0.1) is 20.3 Å². The number of hydrogen-bond donors (Lipinski definition) is 3. The van der Waals surface area contributed by atoms with Crippen molar-refractivity contribution in [3.8, 4) is 11.5 Å². The molecule has 1 atom stereocenters. The molecule has 30 heavy (non-hydrogen) atoms. The van der Waals surface area contributed by atoms with Crippen LogP contribution in [-0.4, -0.2) is 52.6 Å². The zero-order valence-electron chi connectivity index (χ0n) is 17.5. The summed E-state index contributed by atoms with van der Waals surface area (Å²) in [5, 5.41) is 3.03. The van der Waals surface area contributed by atoms with E-state index >= 15 is 0 Å². The second-order valence-electron chi connectivity index (χ2n) is 8.13. The molecule has 2 heterocycles. The molecular weight excluding hydrogens is 382 g/mol. The van der Waals surface area contributed by atoms with Crippen LogP contribution in [0.3, 0.4) is 0 Å². The van der Waals surface area contributed by atoms with Crippen molar-refractivity contribution in [1.29, 1.82) is 0 Å². The van der Waals surface area contributed by atoms with Crippen molar-refractivity contribution in [1.82, 2.24) is 5.32 Å². The largest absolute Gasteiger partial charge is 0.454 e. The van der Waals surface area contributed by atoms with Crippen LogP contribution in [0, 0.1) is 0 Å². The number of rotatable bonds is 8. The number of amides is 1. The van der Waals surface area contributed by atoms with Gasteiger partial charge in [-0.05, 0) is 23.8 Å². The molecular formula is C23H31N3O4+2. The van der Waals surface area contributed by atoms with Crippen molar-refractivity contribution in [3.63, 3.8) is 0 Å². The summed E-state index contributed by atoms with van der Waals surface area (Å²) in [4.78, 5) is 15.0. The Morgan fingerprint density at radius 2 is 1.70 bits per heavy atom. The second kappa shape index (κ2) is 9.93. The van der Waals surface area contributed by atoms with E-state index in [1.807, 2.05) is 25.2 Å². The number of carbonyl (C=O) groups is 1. The van der Waals surface area contributed by atoms with Gasteiger partial charge >= 0.3 is 0 Å². The van der Waals surface area contributed by atoms with E-state index in [4.69, 9.17) is 14.2 Å². The molecule has 0 saturated carbocycles. The molecule has 2 aliphatic rings. The number of benzene rings is 2. The highest BCUT2D eigenvalue weighted by atomic mass is 16.7. The lowest BCUT2D eigenvalue weighted by Gasteiger charge is -2.23. The minimum absolute atomic E-state index is 0.0510. The fourth-order valence-electron chi connectivity index (χ4n) is 3.90. The predicted octanol–water partition coefficient (Wildman–Crippen LogP) is -0.838. The Labute approximate surface area is 177 Å². The zero-order valence-corrected chi connectivity index (χ0v) is 17.5. The standard InChI is InChI=1S/C23H29N3O4/c1-25(14-20-6-7-21-22(12-20)30-17-29-21)16-23(27)24-13-18-2-4-19(5-3-18)15-26-8-10-28-11-9-26/h2-7,12H,8-11,13-17H2,1H3,(H,24,27)/p+2. The van der Waals surface area contributed by atoms with E-state index in [0.29, 0.717) is 13.1 Å². The maximum absolute atomic E-state index is 12.3. The number of quaternary nitrogens is 2. The Bertz CT molecular complexity index is 850. The average Bonchev–Trinajstić information content (AvgIpc) is 3.22. The molecule has 2 aromatic carbocycles. The third-order valence-electron chi connectivity index (χ3n) is 5.57. The Kier molecular flexibility index (Phi) is 6.84. The fraction of sp³-hybridized carbons (Fsp3) is 0.435. The first kappa shape index (κ1) is 20.7. The molecule has 160 valence electrons. The van der Waals surface area contributed by atoms with Crippen LogP contribution < -0.4 is 24.6 Å². The molecule has 1 fully saturated rings.